The first-order valence-corrected chi connectivity index (χ1v) is 7.21. The van der Waals surface area contributed by atoms with Crippen molar-refractivity contribution < 1.29 is 0 Å². The third-order valence-corrected chi connectivity index (χ3v) is 3.83. The van der Waals surface area contributed by atoms with Crippen LogP contribution in [-0.2, 0) is 13.6 Å². The van der Waals surface area contributed by atoms with Crippen LogP contribution in [0.3, 0.4) is 0 Å². The van der Waals surface area contributed by atoms with Gasteiger partial charge in [0.2, 0.25) is 0 Å². The molecule has 21 heavy (non-hydrogen) atoms. The van der Waals surface area contributed by atoms with E-state index in [1.165, 1.54) is 11.1 Å². The number of hydrogen-bond acceptors (Lipinski definition) is 3. The van der Waals surface area contributed by atoms with Gasteiger partial charge in [-0.15, -0.1) is 0 Å². The summed E-state index contributed by atoms with van der Waals surface area (Å²) in [6.07, 6.45) is 1.92. The summed E-state index contributed by atoms with van der Waals surface area (Å²) in [6.45, 7) is 5.00. The molecule has 0 bridgehead atoms. The minimum atomic E-state index is 0.317. The zero-order valence-electron chi connectivity index (χ0n) is 12.7. The Bertz CT molecular complexity index is 746. The molecule has 0 saturated carbocycles. The van der Waals surface area contributed by atoms with Gasteiger partial charge >= 0.3 is 0 Å². The van der Waals surface area contributed by atoms with Gasteiger partial charge in [-0.05, 0) is 31.0 Å². The number of aryl methyl sites for hydroxylation is 2. The predicted molar refractivity (Wildman–Crippen MR) is 84.9 cm³/mol. The van der Waals surface area contributed by atoms with Crippen LogP contribution in [0.15, 0.2) is 42.6 Å². The maximum absolute atomic E-state index is 4.51. The quantitative estimate of drug-likeness (QED) is 0.798. The molecule has 1 atom stereocenters. The average Bonchev–Trinajstić information content (AvgIpc) is 2.80. The summed E-state index contributed by atoms with van der Waals surface area (Å²) >= 11 is 0. The Morgan fingerprint density at radius 2 is 2.00 bits per heavy atom. The Kier molecular flexibility index (Phi) is 3.71. The second kappa shape index (κ2) is 5.66. The minimum Gasteiger partial charge on any atom is -0.306 e. The topological polar surface area (TPSA) is 42.7 Å². The second-order valence-electron chi connectivity index (χ2n) is 5.44. The molecule has 0 spiro atoms. The number of hydrogen-bond donors (Lipinski definition) is 1. The zero-order valence-corrected chi connectivity index (χ0v) is 12.7. The van der Waals surface area contributed by atoms with Crippen molar-refractivity contribution in [3.05, 3.63) is 59.4 Å². The Morgan fingerprint density at radius 1 is 1.24 bits per heavy atom. The van der Waals surface area contributed by atoms with Crippen LogP contribution >= 0.6 is 0 Å². The SMILES string of the molecule is Cc1nn(C)c2ncc(CNC(C)c3ccccc3)cc12. The minimum absolute atomic E-state index is 0.317. The molecule has 0 aliphatic carbocycles. The third kappa shape index (κ3) is 2.81. The normalized spacial score (nSPS) is 12.7. The van der Waals surface area contributed by atoms with Crippen LogP contribution in [0.2, 0.25) is 0 Å². The van der Waals surface area contributed by atoms with Gasteiger partial charge in [0, 0.05) is 31.2 Å². The zero-order chi connectivity index (χ0) is 14.8. The van der Waals surface area contributed by atoms with Crippen molar-refractivity contribution in [1.82, 2.24) is 20.1 Å². The van der Waals surface area contributed by atoms with Crippen molar-refractivity contribution in [2.75, 3.05) is 0 Å². The van der Waals surface area contributed by atoms with Crippen LogP contribution in [-0.4, -0.2) is 14.8 Å². The number of fused-ring (bicyclic) bond motifs is 1. The maximum Gasteiger partial charge on any atom is 0.157 e. The van der Waals surface area contributed by atoms with Crippen molar-refractivity contribution in [1.29, 1.82) is 0 Å². The van der Waals surface area contributed by atoms with Crippen molar-refractivity contribution in [2.24, 2.45) is 7.05 Å². The van der Waals surface area contributed by atoms with Gasteiger partial charge in [0.05, 0.1) is 5.69 Å². The summed E-state index contributed by atoms with van der Waals surface area (Å²) in [4.78, 5) is 4.51. The fraction of sp³-hybridized carbons (Fsp3) is 0.294. The molecule has 0 aliphatic heterocycles. The molecule has 1 unspecified atom stereocenters. The van der Waals surface area contributed by atoms with E-state index in [1.54, 1.807) is 0 Å². The molecule has 1 N–H and O–H groups in total. The Balaban J connectivity index is 1.75. The molecular weight excluding hydrogens is 260 g/mol. The highest BCUT2D eigenvalue weighted by Gasteiger charge is 2.08. The second-order valence-corrected chi connectivity index (χ2v) is 5.44. The van der Waals surface area contributed by atoms with Gasteiger partial charge in [-0.3, -0.25) is 4.68 Å². The van der Waals surface area contributed by atoms with E-state index in [9.17, 15) is 0 Å². The van der Waals surface area contributed by atoms with E-state index in [-0.39, 0.29) is 0 Å². The molecule has 2 heterocycles. The van der Waals surface area contributed by atoms with Crippen molar-refractivity contribution in [2.45, 2.75) is 26.4 Å². The highest BCUT2D eigenvalue weighted by atomic mass is 15.3. The smallest absolute Gasteiger partial charge is 0.157 e. The van der Waals surface area contributed by atoms with Gasteiger partial charge < -0.3 is 5.32 Å². The van der Waals surface area contributed by atoms with Gasteiger partial charge in [-0.1, -0.05) is 30.3 Å². The molecule has 2 aromatic heterocycles. The standard InChI is InChI=1S/C17H20N4/c1-12(15-7-5-4-6-8-15)18-10-14-9-16-13(2)20-21(3)17(16)19-11-14/h4-9,11-12,18H,10H2,1-3H3. The van der Waals surface area contributed by atoms with Crippen LogP contribution in [0.5, 0.6) is 0 Å². The molecule has 108 valence electrons. The van der Waals surface area contributed by atoms with E-state index in [2.05, 4.69) is 52.7 Å². The summed E-state index contributed by atoms with van der Waals surface area (Å²) in [5.41, 5.74) is 4.44. The third-order valence-electron chi connectivity index (χ3n) is 3.83. The van der Waals surface area contributed by atoms with Crippen molar-refractivity contribution in [3.8, 4) is 0 Å². The molecule has 0 aliphatic rings. The maximum atomic E-state index is 4.51. The molecule has 0 saturated heterocycles. The van der Waals surface area contributed by atoms with Crippen LogP contribution in [0.25, 0.3) is 11.0 Å². The lowest BCUT2D eigenvalue weighted by Crippen LogP contribution is -2.18. The van der Waals surface area contributed by atoms with E-state index in [0.717, 1.165) is 23.3 Å². The van der Waals surface area contributed by atoms with Crippen LogP contribution in [0.1, 0.15) is 29.8 Å². The number of pyridine rings is 1. The summed E-state index contributed by atoms with van der Waals surface area (Å²) < 4.78 is 1.83. The highest BCUT2D eigenvalue weighted by molar-refractivity contribution is 5.78. The van der Waals surface area contributed by atoms with E-state index >= 15 is 0 Å². The lowest BCUT2D eigenvalue weighted by atomic mass is 10.1. The molecule has 0 fully saturated rings. The Hall–Kier alpha value is -2.20. The van der Waals surface area contributed by atoms with E-state index in [4.69, 9.17) is 0 Å². The highest BCUT2D eigenvalue weighted by Crippen LogP contribution is 2.17. The molecule has 0 amide bonds. The summed E-state index contributed by atoms with van der Waals surface area (Å²) in [5.74, 6) is 0. The molecule has 4 heteroatoms. The lowest BCUT2D eigenvalue weighted by Gasteiger charge is -2.14. The molecule has 3 aromatic rings. The van der Waals surface area contributed by atoms with E-state index in [0.29, 0.717) is 6.04 Å². The number of aromatic nitrogens is 3. The van der Waals surface area contributed by atoms with Gasteiger partial charge in [0.25, 0.3) is 0 Å². The molecule has 3 rings (SSSR count). The van der Waals surface area contributed by atoms with Crippen LogP contribution < -0.4 is 5.32 Å². The first-order valence-electron chi connectivity index (χ1n) is 7.21. The molecule has 0 radical (unpaired) electrons. The van der Waals surface area contributed by atoms with Gasteiger partial charge in [-0.25, -0.2) is 4.98 Å². The largest absolute Gasteiger partial charge is 0.306 e. The van der Waals surface area contributed by atoms with Crippen LogP contribution in [0, 0.1) is 6.92 Å². The Morgan fingerprint density at radius 3 is 2.76 bits per heavy atom. The lowest BCUT2D eigenvalue weighted by molar-refractivity contribution is 0.574. The van der Waals surface area contributed by atoms with Crippen LogP contribution in [0.4, 0.5) is 0 Å². The molecule has 4 nitrogen and oxygen atoms in total. The van der Waals surface area contributed by atoms with Gasteiger partial charge in [0.15, 0.2) is 5.65 Å². The summed E-state index contributed by atoms with van der Waals surface area (Å²) in [5, 5.41) is 9.08. The number of benzene rings is 1. The predicted octanol–water partition coefficient (Wildman–Crippen LogP) is 3.13. The molecule has 1 aromatic carbocycles. The van der Waals surface area contributed by atoms with Crippen molar-refractivity contribution in [3.63, 3.8) is 0 Å². The average molecular weight is 280 g/mol. The summed E-state index contributed by atoms with van der Waals surface area (Å²) in [6, 6.07) is 13.0. The summed E-state index contributed by atoms with van der Waals surface area (Å²) in [7, 11) is 1.93. The number of nitrogens with one attached hydrogen (secondary N) is 1. The van der Waals surface area contributed by atoms with E-state index < -0.39 is 0 Å². The Labute approximate surface area is 124 Å². The monoisotopic (exact) mass is 280 g/mol. The van der Waals surface area contributed by atoms with Crippen molar-refractivity contribution >= 4 is 11.0 Å². The number of rotatable bonds is 4. The van der Waals surface area contributed by atoms with Gasteiger partial charge in [-0.2, -0.15) is 5.10 Å². The number of nitrogens with zero attached hydrogens (tertiary/aromatic N) is 3. The first kappa shape index (κ1) is 13.8. The molecular formula is C17H20N4. The van der Waals surface area contributed by atoms with Gasteiger partial charge in [0.1, 0.15) is 0 Å². The first-order chi connectivity index (χ1) is 10.1. The fourth-order valence-electron chi connectivity index (χ4n) is 2.58. The fourth-order valence-corrected chi connectivity index (χ4v) is 2.58. The van der Waals surface area contributed by atoms with E-state index in [1.807, 2.05) is 30.9 Å².